The van der Waals surface area contributed by atoms with Gasteiger partial charge >= 0.3 is 0 Å². The molecule has 0 aromatic heterocycles. The lowest BCUT2D eigenvalue weighted by atomic mass is 10.1. The summed E-state index contributed by atoms with van der Waals surface area (Å²) in [6, 6.07) is 11.3. The van der Waals surface area contributed by atoms with Crippen molar-refractivity contribution in [2.75, 3.05) is 31.5 Å². The van der Waals surface area contributed by atoms with Crippen LogP contribution in [-0.2, 0) is 0 Å². The van der Waals surface area contributed by atoms with Gasteiger partial charge in [0, 0.05) is 24.2 Å². The van der Waals surface area contributed by atoms with E-state index in [-0.39, 0.29) is 22.3 Å². The minimum absolute atomic E-state index is 0.153. The van der Waals surface area contributed by atoms with Gasteiger partial charge in [-0.25, -0.2) is 0 Å². The Morgan fingerprint density at radius 3 is 2.52 bits per heavy atom. The molecular weight excluding hydrogens is 368 g/mol. The smallest absolute Gasteiger partial charge is 0.294 e. The summed E-state index contributed by atoms with van der Waals surface area (Å²) < 4.78 is 0. The lowest BCUT2D eigenvalue weighted by Crippen LogP contribution is -2.35. The van der Waals surface area contributed by atoms with Crippen molar-refractivity contribution in [3.05, 3.63) is 63.2 Å². The second-order valence-electron chi connectivity index (χ2n) is 5.87. The number of para-hydroxylation sites is 1. The zero-order chi connectivity index (χ0) is 19.8. The van der Waals surface area contributed by atoms with Crippen LogP contribution < -0.4 is 10.6 Å². The second-order valence-corrected chi connectivity index (χ2v) is 6.31. The van der Waals surface area contributed by atoms with Crippen molar-refractivity contribution in [1.82, 2.24) is 10.2 Å². The van der Waals surface area contributed by atoms with Crippen molar-refractivity contribution in [2.24, 2.45) is 0 Å². The van der Waals surface area contributed by atoms with Crippen LogP contribution in [0.5, 0.6) is 0 Å². The highest BCUT2D eigenvalue weighted by molar-refractivity contribution is 6.31. The van der Waals surface area contributed by atoms with Crippen LogP contribution in [0.15, 0.2) is 42.5 Å². The van der Waals surface area contributed by atoms with Gasteiger partial charge in [0.15, 0.2) is 0 Å². The number of anilines is 2. The van der Waals surface area contributed by atoms with Crippen molar-refractivity contribution in [1.29, 1.82) is 0 Å². The van der Waals surface area contributed by atoms with Gasteiger partial charge in [0.05, 0.1) is 16.2 Å². The third kappa shape index (κ3) is 5.67. The summed E-state index contributed by atoms with van der Waals surface area (Å²) in [4.78, 5) is 25.5. The van der Waals surface area contributed by atoms with E-state index in [1.165, 1.54) is 12.1 Å². The molecule has 0 bridgehead atoms. The molecule has 0 saturated carbocycles. The van der Waals surface area contributed by atoms with Gasteiger partial charge in [-0.3, -0.25) is 14.9 Å². The van der Waals surface area contributed by atoms with Gasteiger partial charge < -0.3 is 15.5 Å². The van der Waals surface area contributed by atoms with E-state index < -0.39 is 4.92 Å². The highest BCUT2D eigenvalue weighted by atomic mass is 35.5. The number of hydrogen-bond donors (Lipinski definition) is 2. The first-order chi connectivity index (χ1) is 13.0. The Morgan fingerprint density at radius 1 is 1.15 bits per heavy atom. The minimum atomic E-state index is -0.513. The Hall–Kier alpha value is -2.64. The average molecular weight is 391 g/mol. The highest BCUT2D eigenvalue weighted by Crippen LogP contribution is 2.31. The van der Waals surface area contributed by atoms with Crippen molar-refractivity contribution in [3.8, 4) is 0 Å². The summed E-state index contributed by atoms with van der Waals surface area (Å²) in [6.07, 6.45) is 0. The third-order valence-electron chi connectivity index (χ3n) is 4.21. The van der Waals surface area contributed by atoms with Crippen LogP contribution in [0.2, 0.25) is 5.02 Å². The summed E-state index contributed by atoms with van der Waals surface area (Å²) in [5.41, 5.74) is 1.02. The maximum atomic E-state index is 12.6. The van der Waals surface area contributed by atoms with Crippen molar-refractivity contribution in [3.63, 3.8) is 0 Å². The molecule has 0 heterocycles. The fourth-order valence-electron chi connectivity index (χ4n) is 2.66. The zero-order valence-corrected chi connectivity index (χ0v) is 16.1. The molecule has 0 fully saturated rings. The Balaban J connectivity index is 2.16. The van der Waals surface area contributed by atoms with Crippen LogP contribution in [0.25, 0.3) is 0 Å². The molecular formula is C19H23ClN4O3. The van der Waals surface area contributed by atoms with Crippen LogP contribution in [0.3, 0.4) is 0 Å². The Morgan fingerprint density at radius 2 is 1.85 bits per heavy atom. The molecule has 0 aliphatic heterocycles. The predicted molar refractivity (Wildman–Crippen MR) is 108 cm³/mol. The standard InChI is InChI=1S/C19H23ClN4O3/c1-3-23(4-2)12-11-21-19(25)15-7-5-6-8-16(15)22-17-10-9-14(20)13-18(17)24(26)27/h5-10,13,22H,3-4,11-12H2,1-2H3,(H,21,25). The first-order valence-corrected chi connectivity index (χ1v) is 9.14. The summed E-state index contributed by atoms with van der Waals surface area (Å²) in [7, 11) is 0. The van der Waals surface area contributed by atoms with Crippen molar-refractivity contribution < 1.29 is 9.72 Å². The lowest BCUT2D eigenvalue weighted by molar-refractivity contribution is -0.383. The maximum absolute atomic E-state index is 12.6. The van der Waals surface area contributed by atoms with Crippen LogP contribution in [0.4, 0.5) is 17.1 Å². The van der Waals surface area contributed by atoms with E-state index in [4.69, 9.17) is 11.6 Å². The Labute approximate surface area is 163 Å². The van der Waals surface area contributed by atoms with E-state index in [0.29, 0.717) is 17.8 Å². The number of hydrogen-bond acceptors (Lipinski definition) is 5. The number of nitrogens with zero attached hydrogens (tertiary/aromatic N) is 2. The maximum Gasteiger partial charge on any atom is 0.294 e. The van der Waals surface area contributed by atoms with E-state index in [2.05, 4.69) is 29.4 Å². The molecule has 0 aliphatic rings. The van der Waals surface area contributed by atoms with E-state index in [1.807, 2.05) is 0 Å². The molecule has 0 aliphatic carbocycles. The second kappa shape index (κ2) is 9.89. The minimum Gasteiger partial charge on any atom is -0.351 e. The summed E-state index contributed by atoms with van der Waals surface area (Å²) in [5.74, 6) is -0.234. The number of rotatable bonds is 9. The molecule has 2 rings (SSSR count). The fourth-order valence-corrected chi connectivity index (χ4v) is 2.83. The number of benzene rings is 2. The molecule has 2 aromatic carbocycles. The predicted octanol–water partition coefficient (Wildman–Crippen LogP) is 4.06. The Bertz CT molecular complexity index is 809. The fraction of sp³-hybridized carbons (Fsp3) is 0.316. The molecule has 0 radical (unpaired) electrons. The molecule has 0 spiro atoms. The summed E-state index contributed by atoms with van der Waals surface area (Å²) >= 11 is 5.85. The quantitative estimate of drug-likeness (QED) is 0.498. The molecule has 8 heteroatoms. The number of nitro groups is 1. The van der Waals surface area contributed by atoms with Gasteiger partial charge in [-0.15, -0.1) is 0 Å². The molecule has 7 nitrogen and oxygen atoms in total. The van der Waals surface area contributed by atoms with E-state index in [9.17, 15) is 14.9 Å². The molecule has 0 atom stereocenters. The molecule has 2 aromatic rings. The van der Waals surface area contributed by atoms with Gasteiger partial charge in [0.2, 0.25) is 0 Å². The molecule has 0 saturated heterocycles. The molecule has 27 heavy (non-hydrogen) atoms. The van der Waals surface area contributed by atoms with Crippen LogP contribution in [0.1, 0.15) is 24.2 Å². The molecule has 1 amide bonds. The van der Waals surface area contributed by atoms with Crippen LogP contribution in [0, 0.1) is 10.1 Å². The average Bonchev–Trinajstić information content (AvgIpc) is 2.66. The largest absolute Gasteiger partial charge is 0.351 e. The van der Waals surface area contributed by atoms with E-state index in [1.54, 1.807) is 30.3 Å². The van der Waals surface area contributed by atoms with Gasteiger partial charge in [0.1, 0.15) is 5.69 Å². The molecule has 144 valence electrons. The first-order valence-electron chi connectivity index (χ1n) is 8.76. The highest BCUT2D eigenvalue weighted by Gasteiger charge is 2.17. The topological polar surface area (TPSA) is 87.5 Å². The summed E-state index contributed by atoms with van der Waals surface area (Å²) in [5, 5.41) is 17.4. The van der Waals surface area contributed by atoms with Gasteiger partial charge in [-0.1, -0.05) is 37.6 Å². The number of halogens is 1. The number of likely N-dealkylation sites (N-methyl/N-ethyl adjacent to an activating group) is 1. The SMILES string of the molecule is CCN(CC)CCNC(=O)c1ccccc1Nc1ccc(Cl)cc1[N+](=O)[O-]. The number of nitro benzene ring substituents is 1. The lowest BCUT2D eigenvalue weighted by Gasteiger charge is -2.18. The van der Waals surface area contributed by atoms with Crippen LogP contribution >= 0.6 is 11.6 Å². The van der Waals surface area contributed by atoms with Crippen molar-refractivity contribution >= 4 is 34.6 Å². The summed E-state index contributed by atoms with van der Waals surface area (Å²) in [6.45, 7) is 7.27. The van der Waals surface area contributed by atoms with E-state index in [0.717, 1.165) is 19.6 Å². The number of nitrogens with one attached hydrogen (secondary N) is 2. The number of carbonyl (C=O) groups is 1. The van der Waals surface area contributed by atoms with Crippen LogP contribution in [-0.4, -0.2) is 41.9 Å². The molecule has 0 unspecified atom stereocenters. The van der Waals surface area contributed by atoms with E-state index >= 15 is 0 Å². The number of carbonyl (C=O) groups excluding carboxylic acids is 1. The number of amides is 1. The first kappa shape index (κ1) is 20.7. The zero-order valence-electron chi connectivity index (χ0n) is 15.4. The van der Waals surface area contributed by atoms with Gasteiger partial charge in [0.25, 0.3) is 11.6 Å². The van der Waals surface area contributed by atoms with Crippen molar-refractivity contribution in [2.45, 2.75) is 13.8 Å². The molecule has 2 N–H and O–H groups in total. The van der Waals surface area contributed by atoms with Gasteiger partial charge in [-0.05, 0) is 37.4 Å². The van der Waals surface area contributed by atoms with Gasteiger partial charge in [-0.2, -0.15) is 0 Å². The third-order valence-corrected chi connectivity index (χ3v) is 4.44. The Kier molecular flexibility index (Phi) is 7.57. The normalized spacial score (nSPS) is 10.7. The monoisotopic (exact) mass is 390 g/mol.